The fourth-order valence-electron chi connectivity index (χ4n) is 3.59. The van der Waals surface area contributed by atoms with E-state index in [2.05, 4.69) is 20.8 Å². The molecule has 11 heteroatoms. The minimum Gasteiger partial charge on any atom is -0.495 e. The molecule has 0 aliphatic carbocycles. The summed E-state index contributed by atoms with van der Waals surface area (Å²) >= 11 is 1.18. The Morgan fingerprint density at radius 1 is 1.00 bits per heavy atom. The van der Waals surface area contributed by atoms with E-state index in [1.54, 1.807) is 48.1 Å². The van der Waals surface area contributed by atoms with Crippen LogP contribution in [-0.2, 0) is 11.3 Å². The molecule has 0 unspecified atom stereocenters. The fourth-order valence-corrected chi connectivity index (χ4v) is 4.36. The second kappa shape index (κ2) is 12.7. The van der Waals surface area contributed by atoms with Crippen molar-refractivity contribution in [2.75, 3.05) is 24.8 Å². The van der Waals surface area contributed by atoms with Crippen LogP contribution in [0.25, 0.3) is 5.69 Å². The first-order valence-electron chi connectivity index (χ1n) is 11.8. The van der Waals surface area contributed by atoms with E-state index < -0.39 is 11.7 Å². The Morgan fingerprint density at radius 3 is 2.47 bits per heavy atom. The molecule has 0 atom stereocenters. The molecule has 9 nitrogen and oxygen atoms in total. The molecule has 0 aliphatic heterocycles. The number of aromatic nitrogens is 3. The van der Waals surface area contributed by atoms with Crippen LogP contribution in [0, 0.1) is 5.82 Å². The van der Waals surface area contributed by atoms with Gasteiger partial charge in [-0.3, -0.25) is 14.2 Å². The first-order valence-corrected chi connectivity index (χ1v) is 12.7. The van der Waals surface area contributed by atoms with E-state index in [0.717, 1.165) is 5.75 Å². The van der Waals surface area contributed by atoms with Crippen LogP contribution in [0.4, 0.5) is 10.1 Å². The third kappa shape index (κ3) is 6.48. The van der Waals surface area contributed by atoms with Gasteiger partial charge in [0.15, 0.2) is 11.0 Å². The van der Waals surface area contributed by atoms with Crippen LogP contribution < -0.4 is 20.1 Å². The van der Waals surface area contributed by atoms with Gasteiger partial charge in [-0.2, -0.15) is 0 Å². The predicted octanol–water partition coefficient (Wildman–Crippen LogP) is 4.47. The number of hydrogen-bond acceptors (Lipinski definition) is 7. The maximum Gasteiger partial charge on any atom is 0.254 e. The van der Waals surface area contributed by atoms with Gasteiger partial charge in [0.2, 0.25) is 5.91 Å². The monoisotopic (exact) mass is 535 g/mol. The standard InChI is InChI=1S/C27H26FN5O4S/c1-3-37-19-14-12-18(13-15-19)30-25(34)17-38-27-32-31-24(33(27)22-10-6-7-11-23(22)36-2)16-29-26(35)20-8-4-5-9-21(20)28/h4-15H,3,16-17H2,1-2H3,(H,29,35)(H,30,34). The van der Waals surface area contributed by atoms with Crippen LogP contribution in [0.2, 0.25) is 0 Å². The number of ether oxygens (including phenoxy) is 2. The van der Waals surface area contributed by atoms with Gasteiger partial charge in [-0.15, -0.1) is 10.2 Å². The van der Waals surface area contributed by atoms with Gasteiger partial charge in [0.1, 0.15) is 17.3 Å². The highest BCUT2D eigenvalue weighted by Gasteiger charge is 2.20. The number of benzene rings is 3. The topological polar surface area (TPSA) is 107 Å². The Hall–Kier alpha value is -4.38. The number of rotatable bonds is 11. The number of carbonyl (C=O) groups is 2. The van der Waals surface area contributed by atoms with Gasteiger partial charge in [0.25, 0.3) is 5.91 Å². The Balaban J connectivity index is 1.51. The molecule has 0 aliphatic rings. The maximum absolute atomic E-state index is 14.0. The molecule has 38 heavy (non-hydrogen) atoms. The summed E-state index contributed by atoms with van der Waals surface area (Å²) in [4.78, 5) is 25.2. The third-order valence-electron chi connectivity index (χ3n) is 5.33. The second-order valence-electron chi connectivity index (χ2n) is 7.86. The smallest absolute Gasteiger partial charge is 0.254 e. The molecule has 4 rings (SSSR count). The lowest BCUT2D eigenvalue weighted by atomic mass is 10.2. The molecule has 2 amide bonds. The molecule has 0 bridgehead atoms. The van der Waals surface area contributed by atoms with Crippen LogP contribution in [0.3, 0.4) is 0 Å². The number of carbonyl (C=O) groups excluding carboxylic acids is 2. The molecular formula is C27H26FN5O4S. The number of amides is 2. The summed E-state index contributed by atoms with van der Waals surface area (Å²) < 4.78 is 26.7. The van der Waals surface area contributed by atoms with Crippen molar-refractivity contribution in [1.29, 1.82) is 0 Å². The molecule has 0 radical (unpaired) electrons. The summed E-state index contributed by atoms with van der Waals surface area (Å²) in [6.45, 7) is 2.43. The van der Waals surface area contributed by atoms with E-state index in [0.29, 0.717) is 34.7 Å². The van der Waals surface area contributed by atoms with Crippen LogP contribution in [-0.4, -0.2) is 46.0 Å². The van der Waals surface area contributed by atoms with E-state index >= 15 is 0 Å². The van der Waals surface area contributed by atoms with Gasteiger partial charge in [0.05, 0.1) is 37.3 Å². The van der Waals surface area contributed by atoms with Gasteiger partial charge < -0.3 is 20.1 Å². The van der Waals surface area contributed by atoms with Crippen molar-refractivity contribution in [3.05, 3.63) is 90.0 Å². The Bertz CT molecular complexity index is 1410. The zero-order chi connectivity index (χ0) is 26.9. The van der Waals surface area contributed by atoms with Crippen LogP contribution >= 0.6 is 11.8 Å². The highest BCUT2D eigenvalue weighted by atomic mass is 32.2. The average Bonchev–Trinajstić information content (AvgIpc) is 3.34. The number of nitrogens with one attached hydrogen (secondary N) is 2. The predicted molar refractivity (Wildman–Crippen MR) is 142 cm³/mol. The number of hydrogen-bond donors (Lipinski definition) is 2. The van der Waals surface area contributed by atoms with Crippen LogP contribution in [0.5, 0.6) is 11.5 Å². The van der Waals surface area contributed by atoms with E-state index in [1.807, 2.05) is 25.1 Å². The normalized spacial score (nSPS) is 10.6. The lowest BCUT2D eigenvalue weighted by Crippen LogP contribution is -2.25. The molecule has 0 saturated heterocycles. The minimum atomic E-state index is -0.619. The fraction of sp³-hybridized carbons (Fsp3) is 0.185. The average molecular weight is 536 g/mol. The van der Waals surface area contributed by atoms with E-state index in [-0.39, 0.29) is 23.8 Å². The van der Waals surface area contributed by atoms with Crippen LogP contribution in [0.15, 0.2) is 78.0 Å². The van der Waals surface area contributed by atoms with Crippen molar-refractivity contribution in [2.24, 2.45) is 0 Å². The molecule has 4 aromatic rings. The van der Waals surface area contributed by atoms with Crippen molar-refractivity contribution >= 4 is 29.3 Å². The quantitative estimate of drug-likeness (QED) is 0.273. The summed E-state index contributed by atoms with van der Waals surface area (Å²) in [6.07, 6.45) is 0. The minimum absolute atomic E-state index is 0.0306. The van der Waals surface area contributed by atoms with Gasteiger partial charge in [-0.05, 0) is 55.5 Å². The lowest BCUT2D eigenvalue weighted by Gasteiger charge is -2.14. The largest absolute Gasteiger partial charge is 0.495 e. The van der Waals surface area contributed by atoms with Gasteiger partial charge in [-0.25, -0.2) is 4.39 Å². The van der Waals surface area contributed by atoms with Gasteiger partial charge >= 0.3 is 0 Å². The van der Waals surface area contributed by atoms with E-state index in [1.165, 1.54) is 30.0 Å². The number of halogens is 1. The zero-order valence-electron chi connectivity index (χ0n) is 20.8. The van der Waals surface area contributed by atoms with Crippen LogP contribution in [0.1, 0.15) is 23.1 Å². The molecule has 0 saturated carbocycles. The second-order valence-corrected chi connectivity index (χ2v) is 8.81. The summed E-state index contributed by atoms with van der Waals surface area (Å²) in [7, 11) is 1.54. The van der Waals surface area contributed by atoms with Crippen molar-refractivity contribution < 1.29 is 23.5 Å². The Morgan fingerprint density at radius 2 is 1.74 bits per heavy atom. The van der Waals surface area contributed by atoms with Crippen molar-refractivity contribution in [3.63, 3.8) is 0 Å². The third-order valence-corrected chi connectivity index (χ3v) is 6.26. The molecule has 1 heterocycles. The van der Waals surface area contributed by atoms with Crippen molar-refractivity contribution in [1.82, 2.24) is 20.1 Å². The summed E-state index contributed by atoms with van der Waals surface area (Å²) in [5.41, 5.74) is 1.20. The first-order chi connectivity index (χ1) is 18.5. The molecule has 3 aromatic carbocycles. The van der Waals surface area contributed by atoms with Crippen molar-refractivity contribution in [3.8, 4) is 17.2 Å². The number of methoxy groups -OCH3 is 1. The first kappa shape index (κ1) is 26.7. The summed E-state index contributed by atoms with van der Waals surface area (Å²) in [5, 5.41) is 14.4. The number of para-hydroxylation sites is 2. The number of nitrogens with zero attached hydrogens (tertiary/aromatic N) is 3. The van der Waals surface area contributed by atoms with Gasteiger partial charge in [0, 0.05) is 5.69 Å². The molecular weight excluding hydrogens is 509 g/mol. The SMILES string of the molecule is CCOc1ccc(NC(=O)CSc2nnc(CNC(=O)c3ccccc3F)n2-c2ccccc2OC)cc1. The molecule has 196 valence electrons. The van der Waals surface area contributed by atoms with Crippen molar-refractivity contribution in [2.45, 2.75) is 18.6 Å². The van der Waals surface area contributed by atoms with E-state index in [4.69, 9.17) is 9.47 Å². The van der Waals surface area contributed by atoms with Gasteiger partial charge in [-0.1, -0.05) is 36.0 Å². The Labute approximate surface area is 223 Å². The Kier molecular flexibility index (Phi) is 8.94. The number of anilines is 1. The molecule has 0 spiro atoms. The van der Waals surface area contributed by atoms with E-state index in [9.17, 15) is 14.0 Å². The summed E-state index contributed by atoms with van der Waals surface area (Å²) in [5.74, 6) is 0.278. The highest BCUT2D eigenvalue weighted by molar-refractivity contribution is 7.99. The molecule has 1 aromatic heterocycles. The molecule has 2 N–H and O–H groups in total. The lowest BCUT2D eigenvalue weighted by molar-refractivity contribution is -0.113. The maximum atomic E-state index is 14.0. The highest BCUT2D eigenvalue weighted by Crippen LogP contribution is 2.29. The summed E-state index contributed by atoms with van der Waals surface area (Å²) in [6, 6.07) is 20.1. The number of thioether (sulfide) groups is 1. The molecule has 0 fully saturated rings. The zero-order valence-corrected chi connectivity index (χ0v) is 21.6.